The Morgan fingerprint density at radius 2 is 1.13 bits per heavy atom. The average molecular weight is 911 g/mol. The van der Waals surface area contributed by atoms with E-state index in [2.05, 4.69) is 131 Å². The van der Waals surface area contributed by atoms with Gasteiger partial charge in [-0.3, -0.25) is 4.57 Å². The van der Waals surface area contributed by atoms with Gasteiger partial charge in [-0.2, -0.15) is 0 Å². The van der Waals surface area contributed by atoms with Crippen LogP contribution < -0.4 is 34.1 Å². The van der Waals surface area contributed by atoms with Crippen molar-refractivity contribution in [2.45, 2.75) is 106 Å². The fraction of sp³-hybridized carbons (Fsp3) is 0.267. The monoisotopic (exact) mass is 910 g/mol. The van der Waals surface area contributed by atoms with E-state index in [1.165, 1.54) is 5.56 Å². The summed E-state index contributed by atoms with van der Waals surface area (Å²) < 4.78 is 48.5. The Labute approximate surface area is 398 Å². The number of para-hydroxylation sites is 1. The van der Waals surface area contributed by atoms with Crippen molar-refractivity contribution >= 4 is 24.1 Å². The number of hydrogen-bond acceptors (Lipinski definition) is 6. The first-order valence-corrected chi connectivity index (χ1v) is 24.7. The second kappa shape index (κ2) is 18.3. The molecule has 0 radical (unpaired) electrons. The van der Waals surface area contributed by atoms with Gasteiger partial charge < -0.3 is 23.5 Å². The van der Waals surface area contributed by atoms with Gasteiger partial charge >= 0.3 is 7.37 Å². The van der Waals surface area contributed by atoms with Gasteiger partial charge in [-0.15, -0.1) is 0 Å². The van der Waals surface area contributed by atoms with Crippen LogP contribution in [0.2, 0.25) is 0 Å². The Kier molecular flexibility index (Phi) is 12.8. The van der Waals surface area contributed by atoms with Gasteiger partial charge in [-0.25, -0.2) is 0 Å². The molecule has 6 nitrogen and oxygen atoms in total. The molecule has 0 fully saturated rings. The number of fused-ring (bicyclic) bond motifs is 3. The summed E-state index contributed by atoms with van der Waals surface area (Å²) in [6.45, 7) is 28.0. The normalized spacial score (nSPS) is 14.6. The molecule has 1 unspecified atom stereocenters. The summed E-state index contributed by atoms with van der Waals surface area (Å²) in [4.78, 5) is 0. The van der Waals surface area contributed by atoms with Crippen molar-refractivity contribution in [3.63, 3.8) is 0 Å². The Bertz CT molecular complexity index is 2960. The molecule has 1 atom stereocenters. The lowest BCUT2D eigenvalue weighted by Crippen LogP contribution is -2.32. The molecule has 1 heterocycles. The zero-order valence-corrected chi connectivity index (χ0v) is 41.8. The van der Waals surface area contributed by atoms with E-state index in [0.717, 1.165) is 67.1 Å². The van der Waals surface area contributed by atoms with Crippen LogP contribution in [0.4, 0.5) is 0 Å². The number of benzene rings is 7. The van der Waals surface area contributed by atoms with Crippen LogP contribution in [0.3, 0.4) is 0 Å². The molecular formula is C60H63O6P. The molecule has 0 saturated carbocycles. The van der Waals surface area contributed by atoms with Gasteiger partial charge in [0.15, 0.2) is 0 Å². The van der Waals surface area contributed by atoms with Gasteiger partial charge in [0, 0.05) is 12.0 Å². The Morgan fingerprint density at radius 3 is 1.76 bits per heavy atom. The van der Waals surface area contributed by atoms with Crippen molar-refractivity contribution in [3.8, 4) is 45.6 Å². The third-order valence-corrected chi connectivity index (χ3v) is 15.0. The standard InChI is InChI=1S/C60H63O6P/c1-13-43-26-28-48(29-27-43)63-53-31-30-49(36-55(53)67(61)54-21-17-15-19-51(54)50-18-14-16-20-52(50)66-67)62-38-45-24-22-44(23-25-45)37-59(9,10)64-56-41(4)34-47(35-42(56)5)60(11,12)65-57-39(2)32-46(33-40(57)3)58(6,7)8/h13-36H,1,37-38H2,2-12H3. The van der Waals surface area contributed by atoms with Crippen molar-refractivity contribution in [1.82, 2.24) is 0 Å². The van der Waals surface area contributed by atoms with Crippen molar-refractivity contribution < 1.29 is 28.0 Å². The van der Waals surface area contributed by atoms with E-state index in [9.17, 15) is 0 Å². The lowest BCUT2D eigenvalue weighted by atomic mass is 9.85. The molecule has 344 valence electrons. The lowest BCUT2D eigenvalue weighted by Gasteiger charge is -2.32. The molecule has 7 aromatic carbocycles. The first-order chi connectivity index (χ1) is 31.7. The minimum Gasteiger partial charge on any atom is -0.489 e. The summed E-state index contributed by atoms with van der Waals surface area (Å²) >= 11 is 0. The largest absolute Gasteiger partial charge is 0.489 e. The highest BCUT2D eigenvalue weighted by atomic mass is 31.2. The van der Waals surface area contributed by atoms with Crippen LogP contribution in [-0.2, 0) is 28.6 Å². The molecule has 0 aromatic heterocycles. The SMILES string of the molecule is C=Cc1ccc(Oc2ccc(OCc3ccc(CC(C)(C)Oc4c(C)cc(C(C)(C)Oc5c(C)cc(C(C)(C)C)cc5C)cc4C)cc3)cc2P2(=O)Oc3ccccc3-c3ccccc32)cc1. The molecule has 0 bridgehead atoms. The summed E-state index contributed by atoms with van der Waals surface area (Å²) in [7, 11) is -3.73. The van der Waals surface area contributed by atoms with Crippen LogP contribution in [0.5, 0.6) is 34.5 Å². The summed E-state index contributed by atoms with van der Waals surface area (Å²) in [5.41, 5.74) is 10.7. The molecule has 1 aliphatic rings. The highest BCUT2D eigenvalue weighted by molar-refractivity contribution is 7.75. The number of hydrogen-bond donors (Lipinski definition) is 0. The molecule has 0 amide bonds. The average Bonchev–Trinajstić information content (AvgIpc) is 3.28. The second-order valence-corrected chi connectivity index (χ2v) is 22.3. The molecule has 0 N–H and O–H groups in total. The maximum atomic E-state index is 15.4. The third kappa shape index (κ3) is 10.1. The molecule has 0 saturated heterocycles. The molecule has 1 aliphatic heterocycles. The summed E-state index contributed by atoms with van der Waals surface area (Å²) in [6.07, 6.45) is 2.48. The number of aryl methyl sites for hydroxylation is 4. The predicted octanol–water partition coefficient (Wildman–Crippen LogP) is 15.2. The highest BCUT2D eigenvalue weighted by Gasteiger charge is 2.40. The second-order valence-electron chi connectivity index (χ2n) is 20.0. The van der Waals surface area contributed by atoms with Gasteiger partial charge in [-0.1, -0.05) is 118 Å². The lowest BCUT2D eigenvalue weighted by molar-refractivity contribution is 0.103. The number of ether oxygens (including phenoxy) is 4. The van der Waals surface area contributed by atoms with Crippen LogP contribution in [0.1, 0.15) is 98.5 Å². The summed E-state index contributed by atoms with van der Waals surface area (Å²) in [6, 6.07) is 45.8. The predicted molar refractivity (Wildman–Crippen MR) is 276 cm³/mol. The fourth-order valence-corrected chi connectivity index (χ4v) is 11.2. The Hall–Kier alpha value is -6.49. The Balaban J connectivity index is 0.970. The van der Waals surface area contributed by atoms with Gasteiger partial charge in [0.1, 0.15) is 52.3 Å². The van der Waals surface area contributed by atoms with Crippen molar-refractivity contribution in [2.24, 2.45) is 0 Å². The minimum atomic E-state index is -3.73. The molecule has 67 heavy (non-hydrogen) atoms. The zero-order valence-electron chi connectivity index (χ0n) is 40.9. The van der Waals surface area contributed by atoms with Gasteiger partial charge in [0.2, 0.25) is 0 Å². The van der Waals surface area contributed by atoms with Gasteiger partial charge in [0.05, 0.1) is 10.6 Å². The molecular weight excluding hydrogens is 848 g/mol. The zero-order chi connectivity index (χ0) is 47.9. The first-order valence-electron chi connectivity index (χ1n) is 23.1. The minimum absolute atomic E-state index is 0.0670. The van der Waals surface area contributed by atoms with Crippen LogP contribution >= 0.6 is 7.37 Å². The van der Waals surface area contributed by atoms with Crippen LogP contribution in [0.15, 0.2) is 146 Å². The topological polar surface area (TPSA) is 63.2 Å². The van der Waals surface area contributed by atoms with E-state index >= 15 is 4.57 Å². The quantitative estimate of drug-likeness (QED) is 0.101. The molecule has 7 aromatic rings. The van der Waals surface area contributed by atoms with Crippen LogP contribution in [0, 0.1) is 27.7 Å². The molecule has 0 aliphatic carbocycles. The summed E-state index contributed by atoms with van der Waals surface area (Å²) in [5.74, 6) is 3.96. The first kappa shape index (κ1) is 47.0. The van der Waals surface area contributed by atoms with Crippen LogP contribution in [-0.4, -0.2) is 5.60 Å². The fourth-order valence-electron chi connectivity index (χ4n) is 8.84. The van der Waals surface area contributed by atoms with Crippen LogP contribution in [0.25, 0.3) is 17.2 Å². The molecule has 0 spiro atoms. The van der Waals surface area contributed by atoms with E-state index in [1.54, 1.807) is 12.1 Å². The third-order valence-electron chi connectivity index (χ3n) is 12.5. The summed E-state index contributed by atoms with van der Waals surface area (Å²) in [5, 5.41) is 1.03. The van der Waals surface area contributed by atoms with E-state index in [-0.39, 0.29) is 5.41 Å². The van der Waals surface area contributed by atoms with Crippen molar-refractivity contribution in [2.75, 3.05) is 0 Å². The van der Waals surface area contributed by atoms with Crippen molar-refractivity contribution in [1.29, 1.82) is 0 Å². The number of rotatable bonds is 14. The smallest absolute Gasteiger partial charge is 0.311 e. The Morgan fingerprint density at radius 1 is 0.582 bits per heavy atom. The molecule has 7 heteroatoms. The van der Waals surface area contributed by atoms with Crippen molar-refractivity contribution in [3.05, 3.63) is 196 Å². The van der Waals surface area contributed by atoms with E-state index in [4.69, 9.17) is 23.5 Å². The van der Waals surface area contributed by atoms with E-state index in [1.807, 2.05) is 84.9 Å². The molecule has 8 rings (SSSR count). The van der Waals surface area contributed by atoms with E-state index < -0.39 is 18.6 Å². The van der Waals surface area contributed by atoms with Gasteiger partial charge in [-0.05, 0) is 171 Å². The van der Waals surface area contributed by atoms with Gasteiger partial charge in [0.25, 0.3) is 0 Å². The maximum Gasteiger partial charge on any atom is 0.311 e. The highest BCUT2D eigenvalue weighted by Crippen LogP contribution is 2.56. The maximum absolute atomic E-state index is 15.4. The van der Waals surface area contributed by atoms with E-state index in [0.29, 0.717) is 46.6 Å².